The SMILES string of the molecule is Cc1[nH]n(-c2ccc(Cl)cc2)c(=O)c1C=NNc1cccc(Cl)c1. The summed E-state index contributed by atoms with van der Waals surface area (Å²) in [5, 5.41) is 8.36. The Balaban J connectivity index is 1.85. The average Bonchev–Trinajstić information content (AvgIpc) is 2.84. The second-order valence-electron chi connectivity index (χ2n) is 5.15. The number of anilines is 1. The van der Waals surface area contributed by atoms with Crippen LogP contribution in [-0.2, 0) is 0 Å². The lowest BCUT2D eigenvalue weighted by Crippen LogP contribution is -2.17. The van der Waals surface area contributed by atoms with Crippen LogP contribution in [0, 0.1) is 6.92 Å². The van der Waals surface area contributed by atoms with Gasteiger partial charge in [-0.05, 0) is 49.4 Å². The van der Waals surface area contributed by atoms with Crippen molar-refractivity contribution < 1.29 is 0 Å². The van der Waals surface area contributed by atoms with Gasteiger partial charge in [0, 0.05) is 15.7 Å². The van der Waals surface area contributed by atoms with Gasteiger partial charge < -0.3 is 0 Å². The third-order valence-electron chi connectivity index (χ3n) is 3.41. The van der Waals surface area contributed by atoms with Gasteiger partial charge in [-0.15, -0.1) is 0 Å². The molecule has 0 bridgehead atoms. The monoisotopic (exact) mass is 360 g/mol. The number of aromatic amines is 1. The molecular weight excluding hydrogens is 347 g/mol. The molecule has 7 heteroatoms. The summed E-state index contributed by atoms with van der Waals surface area (Å²) < 4.78 is 1.45. The van der Waals surface area contributed by atoms with Gasteiger partial charge in [0.15, 0.2) is 0 Å². The van der Waals surface area contributed by atoms with E-state index in [1.807, 2.05) is 19.1 Å². The van der Waals surface area contributed by atoms with Crippen LogP contribution in [0.25, 0.3) is 5.69 Å². The average molecular weight is 361 g/mol. The van der Waals surface area contributed by atoms with Crippen LogP contribution in [0.1, 0.15) is 11.3 Å². The first-order chi connectivity index (χ1) is 11.5. The zero-order valence-corrected chi connectivity index (χ0v) is 14.3. The fourth-order valence-corrected chi connectivity index (χ4v) is 2.53. The minimum atomic E-state index is -0.188. The van der Waals surface area contributed by atoms with Crippen molar-refractivity contribution in [1.82, 2.24) is 9.78 Å². The third-order valence-corrected chi connectivity index (χ3v) is 3.90. The number of nitrogens with zero attached hydrogens (tertiary/aromatic N) is 2. The van der Waals surface area contributed by atoms with Gasteiger partial charge in [-0.1, -0.05) is 29.3 Å². The summed E-state index contributed by atoms with van der Waals surface area (Å²) in [6.07, 6.45) is 1.49. The molecule has 2 aromatic carbocycles. The van der Waals surface area contributed by atoms with Crippen molar-refractivity contribution in [3.8, 4) is 5.69 Å². The first kappa shape index (κ1) is 16.4. The van der Waals surface area contributed by atoms with Crippen LogP contribution in [0.4, 0.5) is 5.69 Å². The predicted octanol–water partition coefficient (Wildman–Crippen LogP) is 4.23. The van der Waals surface area contributed by atoms with Crippen LogP contribution in [0.2, 0.25) is 10.0 Å². The number of rotatable bonds is 4. The second-order valence-corrected chi connectivity index (χ2v) is 6.02. The van der Waals surface area contributed by atoms with Gasteiger partial charge in [0.25, 0.3) is 5.56 Å². The van der Waals surface area contributed by atoms with E-state index < -0.39 is 0 Å². The molecule has 0 saturated carbocycles. The van der Waals surface area contributed by atoms with Gasteiger partial charge in [0.1, 0.15) is 0 Å². The van der Waals surface area contributed by atoms with Crippen molar-refractivity contribution in [3.05, 3.63) is 80.2 Å². The molecule has 0 aliphatic carbocycles. The van der Waals surface area contributed by atoms with E-state index >= 15 is 0 Å². The van der Waals surface area contributed by atoms with E-state index in [1.54, 1.807) is 36.4 Å². The highest BCUT2D eigenvalue weighted by Crippen LogP contribution is 2.15. The summed E-state index contributed by atoms with van der Waals surface area (Å²) in [4.78, 5) is 12.5. The molecule has 0 saturated heterocycles. The van der Waals surface area contributed by atoms with Crippen LogP contribution >= 0.6 is 23.2 Å². The molecule has 0 unspecified atom stereocenters. The normalized spacial score (nSPS) is 11.1. The molecule has 3 aromatic rings. The first-order valence-electron chi connectivity index (χ1n) is 7.17. The van der Waals surface area contributed by atoms with E-state index in [9.17, 15) is 4.79 Å². The lowest BCUT2D eigenvalue weighted by atomic mass is 10.3. The Labute approximate surface area is 148 Å². The highest BCUT2D eigenvalue weighted by atomic mass is 35.5. The molecule has 1 aromatic heterocycles. The number of halogens is 2. The molecule has 0 aliphatic rings. The summed E-state index contributed by atoms with van der Waals surface area (Å²) >= 11 is 11.8. The number of aromatic nitrogens is 2. The Morgan fingerprint density at radius 3 is 2.58 bits per heavy atom. The zero-order valence-electron chi connectivity index (χ0n) is 12.8. The standard InChI is InChI=1S/C17H14Cl2N4O/c1-11-16(10-20-21-14-4-2-3-13(19)9-14)17(24)23(22-11)15-7-5-12(18)6-8-15/h2-10,21-22H,1H3. The smallest absolute Gasteiger partial charge is 0.280 e. The van der Waals surface area contributed by atoms with Crippen molar-refractivity contribution in [2.24, 2.45) is 5.10 Å². The second kappa shape index (κ2) is 6.95. The molecule has 5 nitrogen and oxygen atoms in total. The lowest BCUT2D eigenvalue weighted by Gasteiger charge is -2.00. The molecular formula is C17H14Cl2N4O. The molecule has 0 fully saturated rings. The fraction of sp³-hybridized carbons (Fsp3) is 0.0588. The maximum absolute atomic E-state index is 12.5. The maximum Gasteiger partial charge on any atom is 0.280 e. The molecule has 3 rings (SSSR count). The summed E-state index contributed by atoms with van der Waals surface area (Å²) in [6, 6.07) is 14.2. The van der Waals surface area contributed by atoms with Crippen molar-refractivity contribution in [2.45, 2.75) is 6.92 Å². The molecule has 0 amide bonds. The number of hydrogen-bond donors (Lipinski definition) is 2. The quantitative estimate of drug-likeness (QED) is 0.540. The van der Waals surface area contributed by atoms with E-state index in [0.717, 1.165) is 5.69 Å². The van der Waals surface area contributed by atoms with E-state index in [2.05, 4.69) is 15.6 Å². The van der Waals surface area contributed by atoms with Gasteiger partial charge in [-0.3, -0.25) is 15.3 Å². The molecule has 0 aliphatic heterocycles. The van der Waals surface area contributed by atoms with Gasteiger partial charge in [-0.2, -0.15) is 5.10 Å². The van der Waals surface area contributed by atoms with Crippen LogP contribution in [0.5, 0.6) is 0 Å². The number of nitrogens with one attached hydrogen (secondary N) is 2. The largest absolute Gasteiger partial charge is 0.295 e. The predicted molar refractivity (Wildman–Crippen MR) is 98.8 cm³/mol. The van der Waals surface area contributed by atoms with E-state index in [1.165, 1.54) is 10.9 Å². The third kappa shape index (κ3) is 3.53. The summed E-state index contributed by atoms with van der Waals surface area (Å²) in [7, 11) is 0. The van der Waals surface area contributed by atoms with Crippen LogP contribution < -0.4 is 11.0 Å². The number of hydrogen-bond acceptors (Lipinski definition) is 3. The number of benzene rings is 2. The molecule has 122 valence electrons. The maximum atomic E-state index is 12.5. The van der Waals surface area contributed by atoms with Gasteiger partial charge in [0.2, 0.25) is 0 Å². The molecule has 0 atom stereocenters. The molecule has 24 heavy (non-hydrogen) atoms. The van der Waals surface area contributed by atoms with Crippen molar-refractivity contribution in [3.63, 3.8) is 0 Å². The Bertz CT molecular complexity index is 942. The molecule has 1 heterocycles. The minimum Gasteiger partial charge on any atom is -0.295 e. The first-order valence-corrected chi connectivity index (χ1v) is 7.92. The van der Waals surface area contributed by atoms with E-state index in [0.29, 0.717) is 27.0 Å². The summed E-state index contributed by atoms with van der Waals surface area (Å²) in [5.74, 6) is 0. The number of hydrazone groups is 1. The summed E-state index contributed by atoms with van der Waals surface area (Å²) in [5.41, 5.74) is 5.29. The number of aryl methyl sites for hydroxylation is 1. The van der Waals surface area contributed by atoms with Crippen molar-refractivity contribution in [2.75, 3.05) is 5.43 Å². The van der Waals surface area contributed by atoms with E-state index in [4.69, 9.17) is 23.2 Å². The Kier molecular flexibility index (Phi) is 4.74. The Hall–Kier alpha value is -2.50. The molecule has 0 spiro atoms. The summed E-state index contributed by atoms with van der Waals surface area (Å²) in [6.45, 7) is 1.81. The fourth-order valence-electron chi connectivity index (χ4n) is 2.21. The molecule has 0 radical (unpaired) electrons. The highest BCUT2D eigenvalue weighted by molar-refractivity contribution is 6.31. The minimum absolute atomic E-state index is 0.188. The Morgan fingerprint density at radius 1 is 1.12 bits per heavy atom. The van der Waals surface area contributed by atoms with E-state index in [-0.39, 0.29) is 5.56 Å². The van der Waals surface area contributed by atoms with Crippen LogP contribution in [0.3, 0.4) is 0 Å². The van der Waals surface area contributed by atoms with Crippen molar-refractivity contribution in [1.29, 1.82) is 0 Å². The van der Waals surface area contributed by atoms with Gasteiger partial charge in [-0.25, -0.2) is 4.68 Å². The topological polar surface area (TPSA) is 62.2 Å². The highest BCUT2D eigenvalue weighted by Gasteiger charge is 2.10. The number of H-pyrrole nitrogens is 1. The lowest BCUT2D eigenvalue weighted by molar-refractivity contribution is 0.835. The van der Waals surface area contributed by atoms with Gasteiger partial charge in [0.05, 0.1) is 23.2 Å². The van der Waals surface area contributed by atoms with Crippen LogP contribution in [0.15, 0.2) is 58.4 Å². The van der Waals surface area contributed by atoms with Crippen LogP contribution in [-0.4, -0.2) is 16.0 Å². The molecule has 2 N–H and O–H groups in total. The Morgan fingerprint density at radius 2 is 1.88 bits per heavy atom. The van der Waals surface area contributed by atoms with Gasteiger partial charge >= 0.3 is 0 Å². The van der Waals surface area contributed by atoms with Crippen molar-refractivity contribution >= 4 is 35.1 Å². The zero-order chi connectivity index (χ0) is 17.1.